The van der Waals surface area contributed by atoms with E-state index in [1.54, 1.807) is 13.8 Å². The Bertz CT molecular complexity index is 454. The van der Waals surface area contributed by atoms with Gasteiger partial charge in [-0.2, -0.15) is 0 Å². The van der Waals surface area contributed by atoms with E-state index >= 15 is 0 Å². The summed E-state index contributed by atoms with van der Waals surface area (Å²) in [6, 6.07) is 0. The van der Waals surface area contributed by atoms with Crippen LogP contribution in [0.1, 0.15) is 20.3 Å². The van der Waals surface area contributed by atoms with Crippen molar-refractivity contribution in [3.05, 3.63) is 10.1 Å². The molecule has 0 spiro atoms. The van der Waals surface area contributed by atoms with Crippen molar-refractivity contribution >= 4 is 21.9 Å². The maximum Gasteiger partial charge on any atom is 0.378 e. The van der Waals surface area contributed by atoms with Gasteiger partial charge in [-0.1, -0.05) is 6.92 Å². The second-order valence-corrected chi connectivity index (χ2v) is 6.16. The number of rotatable bonds is 4. The Morgan fingerprint density at radius 1 is 1.56 bits per heavy atom. The quantitative estimate of drug-likeness (QED) is 0.526. The lowest BCUT2D eigenvalue weighted by atomic mass is 10.2. The zero-order valence-electron chi connectivity index (χ0n) is 9.08. The second kappa shape index (κ2) is 4.28. The summed E-state index contributed by atoms with van der Waals surface area (Å²) in [4.78, 5) is 17.4. The van der Waals surface area contributed by atoms with Gasteiger partial charge in [-0.15, -0.1) is 0 Å². The minimum Gasteiger partial charge on any atom is -0.358 e. The average molecular weight is 247 g/mol. The summed E-state index contributed by atoms with van der Waals surface area (Å²) >= 11 is 0. The van der Waals surface area contributed by atoms with Gasteiger partial charge in [0.1, 0.15) is 16.1 Å². The molecule has 0 bridgehead atoms. The normalized spacial score (nSPS) is 24.5. The molecule has 0 amide bonds. The summed E-state index contributed by atoms with van der Waals surface area (Å²) in [5, 5.41) is 10.4. The molecule has 1 atom stereocenters. The molecule has 1 heterocycles. The van der Waals surface area contributed by atoms with Crippen LogP contribution in [-0.2, 0) is 9.84 Å². The maximum absolute atomic E-state index is 11.3. The van der Waals surface area contributed by atoms with Crippen molar-refractivity contribution in [2.24, 2.45) is 9.98 Å². The molecule has 0 saturated carbocycles. The van der Waals surface area contributed by atoms with Crippen molar-refractivity contribution in [3.8, 4) is 0 Å². The topological polar surface area (TPSA) is 102 Å². The molecule has 0 fully saturated rings. The van der Waals surface area contributed by atoms with Crippen molar-refractivity contribution in [1.29, 1.82) is 0 Å². The summed E-state index contributed by atoms with van der Waals surface area (Å²) in [6.45, 7) is 3.13. The Labute approximate surface area is 93.4 Å². The molecule has 8 heteroatoms. The number of hydrogen-bond acceptors (Lipinski definition) is 6. The summed E-state index contributed by atoms with van der Waals surface area (Å²) < 4.78 is 22.6. The highest BCUT2D eigenvalue weighted by Gasteiger charge is 2.36. The molecule has 0 aromatic rings. The van der Waals surface area contributed by atoms with Gasteiger partial charge in [-0.3, -0.25) is 0 Å². The smallest absolute Gasteiger partial charge is 0.358 e. The Balaban J connectivity index is 2.70. The molecule has 1 aliphatic rings. The summed E-state index contributed by atoms with van der Waals surface area (Å²) in [5.74, 6) is -0.332. The van der Waals surface area contributed by atoms with Crippen LogP contribution in [0, 0.1) is 10.1 Å². The van der Waals surface area contributed by atoms with Crippen LogP contribution in [-0.4, -0.2) is 42.6 Å². The van der Waals surface area contributed by atoms with Crippen LogP contribution in [0.4, 0.5) is 0 Å². The molecule has 1 rings (SSSR count). The van der Waals surface area contributed by atoms with Crippen LogP contribution in [0.25, 0.3) is 0 Å². The second-order valence-electron chi connectivity index (χ2n) is 3.69. The van der Waals surface area contributed by atoms with Gasteiger partial charge in [0.05, 0.1) is 5.75 Å². The van der Waals surface area contributed by atoms with E-state index in [0.717, 1.165) is 6.21 Å². The highest BCUT2D eigenvalue weighted by atomic mass is 32.2. The molecule has 1 aliphatic heterocycles. The van der Waals surface area contributed by atoms with Gasteiger partial charge < -0.3 is 10.1 Å². The first-order valence-corrected chi connectivity index (χ1v) is 6.60. The first-order valence-electron chi connectivity index (χ1n) is 4.78. The monoisotopic (exact) mass is 247 g/mol. The van der Waals surface area contributed by atoms with Gasteiger partial charge in [0.15, 0.2) is 0 Å². The molecule has 1 unspecified atom stereocenters. The number of amidine groups is 1. The lowest BCUT2D eigenvalue weighted by Crippen LogP contribution is -2.23. The minimum absolute atomic E-state index is 0.0542. The Morgan fingerprint density at radius 3 is 2.62 bits per heavy atom. The zero-order chi connectivity index (χ0) is 12.4. The minimum atomic E-state index is -3.10. The Kier molecular flexibility index (Phi) is 3.41. The predicted octanol–water partition coefficient (Wildman–Crippen LogP) is 0.287. The Hall–Kier alpha value is -1.31. The maximum atomic E-state index is 11.3. The first-order chi connectivity index (χ1) is 7.28. The number of sulfone groups is 1. The third-order valence-electron chi connectivity index (χ3n) is 2.33. The molecule has 0 aromatic carbocycles. The van der Waals surface area contributed by atoms with Crippen LogP contribution in [0.5, 0.6) is 0 Å². The lowest BCUT2D eigenvalue weighted by Gasteiger charge is -2.10. The first kappa shape index (κ1) is 12.8. The standard InChI is InChI=1S/C8H13N3O4S/c1-3-16(14,15)5-4-8(2)9-6-7(10-8)11(12)13/h6H,3-5H2,1-2H3. The molecule has 7 nitrogen and oxygen atoms in total. The SMILES string of the molecule is CCS(=O)(=O)CCC1(C)N=CC([N+](=O)[O-])=N1. The molecule has 0 saturated heterocycles. The van der Waals surface area contributed by atoms with Crippen molar-refractivity contribution in [1.82, 2.24) is 0 Å². The predicted molar refractivity (Wildman–Crippen MR) is 60.3 cm³/mol. The van der Waals surface area contributed by atoms with Gasteiger partial charge in [-0.05, 0) is 9.92 Å². The molecular weight excluding hydrogens is 234 g/mol. The van der Waals surface area contributed by atoms with Crippen LogP contribution in [0.2, 0.25) is 0 Å². The largest absolute Gasteiger partial charge is 0.378 e. The summed E-state index contributed by atoms with van der Waals surface area (Å²) in [5.41, 5.74) is -1.01. The van der Waals surface area contributed by atoms with Gasteiger partial charge in [0.25, 0.3) is 0 Å². The van der Waals surface area contributed by atoms with E-state index < -0.39 is 20.4 Å². The lowest BCUT2D eigenvalue weighted by molar-refractivity contribution is -0.345. The van der Waals surface area contributed by atoms with Crippen molar-refractivity contribution < 1.29 is 13.3 Å². The van der Waals surface area contributed by atoms with Crippen LogP contribution in [0.3, 0.4) is 0 Å². The third kappa shape index (κ3) is 3.09. The van der Waals surface area contributed by atoms with E-state index in [2.05, 4.69) is 9.98 Å². The van der Waals surface area contributed by atoms with Crippen LogP contribution < -0.4 is 0 Å². The molecule has 0 N–H and O–H groups in total. The average Bonchev–Trinajstić information content (AvgIpc) is 2.60. The van der Waals surface area contributed by atoms with Crippen molar-refractivity contribution in [2.75, 3.05) is 11.5 Å². The highest BCUT2D eigenvalue weighted by molar-refractivity contribution is 7.91. The van der Waals surface area contributed by atoms with Crippen LogP contribution in [0.15, 0.2) is 9.98 Å². The molecule has 90 valence electrons. The summed E-state index contributed by atoms with van der Waals surface area (Å²) in [7, 11) is -3.10. The van der Waals surface area contributed by atoms with Crippen molar-refractivity contribution in [3.63, 3.8) is 0 Å². The zero-order valence-corrected chi connectivity index (χ0v) is 9.90. The number of aliphatic imine (C=N–C) groups is 2. The van der Waals surface area contributed by atoms with E-state index in [1.807, 2.05) is 0 Å². The number of nitrogens with zero attached hydrogens (tertiary/aromatic N) is 3. The van der Waals surface area contributed by atoms with E-state index in [9.17, 15) is 18.5 Å². The molecular formula is C8H13N3O4S. The molecule has 0 radical (unpaired) electrons. The van der Waals surface area contributed by atoms with Crippen molar-refractivity contribution in [2.45, 2.75) is 25.9 Å². The third-order valence-corrected chi connectivity index (χ3v) is 4.03. The number of hydrogen-bond donors (Lipinski definition) is 0. The van der Waals surface area contributed by atoms with E-state index in [4.69, 9.17) is 0 Å². The van der Waals surface area contributed by atoms with E-state index in [1.165, 1.54) is 0 Å². The molecule has 0 aromatic heterocycles. The van der Waals surface area contributed by atoms with Gasteiger partial charge in [0, 0.05) is 19.1 Å². The summed E-state index contributed by atoms with van der Waals surface area (Å²) in [6.07, 6.45) is 1.23. The highest BCUT2D eigenvalue weighted by Crippen LogP contribution is 2.22. The van der Waals surface area contributed by atoms with Gasteiger partial charge in [0.2, 0.25) is 5.66 Å². The van der Waals surface area contributed by atoms with Gasteiger partial charge in [-0.25, -0.2) is 13.4 Å². The number of nitro groups is 1. The Morgan fingerprint density at radius 2 is 2.19 bits per heavy atom. The van der Waals surface area contributed by atoms with Crippen LogP contribution >= 0.6 is 0 Å². The fraction of sp³-hybridized carbons (Fsp3) is 0.750. The fourth-order valence-electron chi connectivity index (χ4n) is 1.20. The van der Waals surface area contributed by atoms with E-state index in [-0.39, 0.29) is 23.8 Å². The van der Waals surface area contributed by atoms with E-state index in [0.29, 0.717) is 0 Å². The molecule has 0 aliphatic carbocycles. The fourth-order valence-corrected chi connectivity index (χ4v) is 2.19. The van der Waals surface area contributed by atoms with Gasteiger partial charge >= 0.3 is 5.84 Å². The molecule has 16 heavy (non-hydrogen) atoms.